The number of nitrogens with one attached hydrogen (secondary N) is 1. The number of nitrogens with zero attached hydrogens (tertiary/aromatic N) is 3. The van der Waals surface area contributed by atoms with Gasteiger partial charge in [-0.25, -0.2) is 14.8 Å². The van der Waals surface area contributed by atoms with E-state index in [1.165, 1.54) is 0 Å². The molecule has 0 spiro atoms. The number of imidazole rings is 1. The Morgan fingerprint density at radius 2 is 1.70 bits per heavy atom. The van der Waals surface area contributed by atoms with Crippen LogP contribution >= 0.6 is 0 Å². The molecule has 0 atom stereocenters. The van der Waals surface area contributed by atoms with E-state index in [0.717, 1.165) is 65.9 Å². The summed E-state index contributed by atoms with van der Waals surface area (Å²) in [4.78, 5) is 33.7. The second-order valence-corrected chi connectivity index (χ2v) is 9.38. The van der Waals surface area contributed by atoms with Crippen molar-refractivity contribution in [2.75, 3.05) is 5.32 Å². The molecule has 4 aromatic rings. The van der Waals surface area contributed by atoms with Gasteiger partial charge in [0.15, 0.2) is 5.65 Å². The molecule has 192 valence electrons. The van der Waals surface area contributed by atoms with Gasteiger partial charge in [-0.2, -0.15) is 0 Å². The van der Waals surface area contributed by atoms with Gasteiger partial charge in [-0.15, -0.1) is 0 Å². The van der Waals surface area contributed by atoms with Crippen LogP contribution in [-0.4, -0.2) is 31.5 Å². The highest BCUT2D eigenvalue weighted by atomic mass is 16.4. The van der Waals surface area contributed by atoms with E-state index >= 15 is 0 Å². The Balaban J connectivity index is 1.65. The van der Waals surface area contributed by atoms with Crippen molar-refractivity contribution in [1.82, 2.24) is 14.5 Å². The average Bonchev–Trinajstić information content (AvgIpc) is 3.22. The van der Waals surface area contributed by atoms with Gasteiger partial charge >= 0.3 is 5.97 Å². The fraction of sp³-hybridized carbons (Fsp3) is 0.333. The van der Waals surface area contributed by atoms with Crippen LogP contribution in [0.5, 0.6) is 0 Å². The van der Waals surface area contributed by atoms with Crippen molar-refractivity contribution in [3.63, 3.8) is 0 Å². The van der Waals surface area contributed by atoms with E-state index in [9.17, 15) is 14.7 Å². The molecule has 1 amide bonds. The first kappa shape index (κ1) is 26.1. The molecule has 0 saturated carbocycles. The van der Waals surface area contributed by atoms with Gasteiger partial charge in [-0.1, -0.05) is 69.2 Å². The molecule has 0 aliphatic heterocycles. The summed E-state index contributed by atoms with van der Waals surface area (Å²) >= 11 is 0. The molecule has 0 fully saturated rings. The van der Waals surface area contributed by atoms with E-state index in [4.69, 9.17) is 9.97 Å². The van der Waals surface area contributed by atoms with E-state index in [1.807, 2.05) is 49.4 Å². The third kappa shape index (κ3) is 6.05. The van der Waals surface area contributed by atoms with E-state index in [0.29, 0.717) is 24.2 Å². The van der Waals surface area contributed by atoms with E-state index in [1.54, 1.807) is 12.1 Å². The van der Waals surface area contributed by atoms with Crippen molar-refractivity contribution in [1.29, 1.82) is 0 Å². The van der Waals surface area contributed by atoms with Crippen molar-refractivity contribution in [2.45, 2.75) is 65.8 Å². The molecular weight excluding hydrogens is 464 g/mol. The third-order valence-corrected chi connectivity index (χ3v) is 6.54. The Hall–Kier alpha value is -4.00. The molecule has 7 nitrogen and oxygen atoms in total. The van der Waals surface area contributed by atoms with Crippen LogP contribution in [0.2, 0.25) is 0 Å². The van der Waals surface area contributed by atoms with Crippen LogP contribution < -0.4 is 5.32 Å². The molecule has 0 aliphatic rings. The predicted octanol–water partition coefficient (Wildman–Crippen LogP) is 6.62. The number of fused-ring (bicyclic) bond motifs is 1. The Morgan fingerprint density at radius 3 is 2.41 bits per heavy atom. The molecule has 4 rings (SSSR count). The minimum atomic E-state index is -0.938. The first-order chi connectivity index (χ1) is 17.9. The van der Waals surface area contributed by atoms with Gasteiger partial charge < -0.3 is 15.0 Å². The van der Waals surface area contributed by atoms with Crippen LogP contribution in [0.15, 0.2) is 54.6 Å². The average molecular weight is 499 g/mol. The van der Waals surface area contributed by atoms with Gasteiger partial charge in [-0.05, 0) is 48.6 Å². The zero-order chi connectivity index (χ0) is 26.4. The monoisotopic (exact) mass is 498 g/mol. The summed E-state index contributed by atoms with van der Waals surface area (Å²) in [7, 11) is 0. The predicted molar refractivity (Wildman–Crippen MR) is 147 cm³/mol. The Kier molecular flexibility index (Phi) is 8.33. The highest BCUT2D eigenvalue weighted by molar-refractivity contribution is 5.96. The van der Waals surface area contributed by atoms with Gasteiger partial charge in [0.2, 0.25) is 5.91 Å². The van der Waals surface area contributed by atoms with Crippen molar-refractivity contribution in [3.8, 4) is 11.1 Å². The fourth-order valence-electron chi connectivity index (χ4n) is 4.45. The summed E-state index contributed by atoms with van der Waals surface area (Å²) in [6, 6.07) is 16.9. The van der Waals surface area contributed by atoms with Crippen LogP contribution in [0.1, 0.15) is 73.4 Å². The number of amides is 1. The Bertz CT molecular complexity index is 1410. The molecule has 7 heteroatoms. The zero-order valence-electron chi connectivity index (χ0n) is 21.8. The standard InChI is InChI=1S/C30H34N4O3/c1-4-6-12-27-32-26-18-25(33-28(35)13-7-5-2)20(3)31-29(26)34(27)19-21-14-16-22(17-15-21)23-10-8-9-11-24(23)30(36)37/h8-11,14-18H,4-7,12-13,19H2,1-3H3,(H,33,35)(H,36,37). The number of carboxylic acids is 1. The summed E-state index contributed by atoms with van der Waals surface area (Å²) in [5.74, 6) is 0.0345. The molecule has 0 bridgehead atoms. The lowest BCUT2D eigenvalue weighted by molar-refractivity contribution is -0.116. The molecule has 0 aliphatic carbocycles. The second-order valence-electron chi connectivity index (χ2n) is 9.38. The molecule has 2 aromatic carbocycles. The van der Waals surface area contributed by atoms with Gasteiger partial charge in [0, 0.05) is 12.8 Å². The van der Waals surface area contributed by atoms with Crippen LogP contribution in [-0.2, 0) is 17.8 Å². The summed E-state index contributed by atoms with van der Waals surface area (Å²) in [6.45, 7) is 6.74. The minimum Gasteiger partial charge on any atom is -0.478 e. The maximum absolute atomic E-state index is 12.3. The van der Waals surface area contributed by atoms with Crippen LogP contribution in [0.25, 0.3) is 22.3 Å². The number of rotatable bonds is 11. The highest BCUT2D eigenvalue weighted by Crippen LogP contribution is 2.26. The maximum Gasteiger partial charge on any atom is 0.336 e. The second kappa shape index (κ2) is 11.8. The third-order valence-electron chi connectivity index (χ3n) is 6.54. The lowest BCUT2D eigenvalue weighted by atomic mass is 9.99. The number of aromatic nitrogens is 3. The van der Waals surface area contributed by atoms with E-state index in [-0.39, 0.29) is 11.5 Å². The number of carbonyl (C=O) groups excluding carboxylic acids is 1. The van der Waals surface area contributed by atoms with Crippen molar-refractivity contribution < 1.29 is 14.7 Å². The number of anilines is 1. The first-order valence-corrected chi connectivity index (χ1v) is 13.0. The number of aryl methyl sites for hydroxylation is 2. The van der Waals surface area contributed by atoms with Crippen molar-refractivity contribution >= 4 is 28.7 Å². The molecule has 0 unspecified atom stereocenters. The van der Waals surface area contributed by atoms with Gasteiger partial charge in [-0.3, -0.25) is 4.79 Å². The van der Waals surface area contributed by atoms with Crippen molar-refractivity contribution in [2.24, 2.45) is 0 Å². The largest absolute Gasteiger partial charge is 0.478 e. The number of pyridine rings is 1. The number of aromatic carboxylic acids is 1. The molecule has 2 N–H and O–H groups in total. The number of carbonyl (C=O) groups is 2. The number of benzene rings is 2. The number of hydrogen-bond donors (Lipinski definition) is 2. The van der Waals surface area contributed by atoms with Crippen molar-refractivity contribution in [3.05, 3.63) is 77.2 Å². The number of carboxylic acid groups (broad SMARTS) is 1. The lowest BCUT2D eigenvalue weighted by Crippen LogP contribution is -2.13. The number of unbranched alkanes of at least 4 members (excludes halogenated alkanes) is 2. The summed E-state index contributed by atoms with van der Waals surface area (Å²) in [6.07, 6.45) is 5.25. The molecule has 0 saturated heterocycles. The fourth-order valence-corrected chi connectivity index (χ4v) is 4.45. The smallest absolute Gasteiger partial charge is 0.336 e. The van der Waals surface area contributed by atoms with Gasteiger partial charge in [0.1, 0.15) is 11.3 Å². The highest BCUT2D eigenvalue weighted by Gasteiger charge is 2.16. The minimum absolute atomic E-state index is 0.00120. The van der Waals surface area contributed by atoms with Gasteiger partial charge in [0.25, 0.3) is 0 Å². The summed E-state index contributed by atoms with van der Waals surface area (Å²) in [5.41, 5.74) is 5.97. The molecule has 2 aromatic heterocycles. The molecular formula is C30H34N4O3. The quantitative estimate of drug-likeness (QED) is 0.242. The first-order valence-electron chi connectivity index (χ1n) is 13.0. The summed E-state index contributed by atoms with van der Waals surface area (Å²) < 4.78 is 2.15. The SMILES string of the molecule is CCCCC(=O)Nc1cc2nc(CCCC)n(Cc3ccc(-c4ccccc4C(=O)O)cc3)c2nc1C. The van der Waals surface area contributed by atoms with Crippen LogP contribution in [0, 0.1) is 6.92 Å². The lowest BCUT2D eigenvalue weighted by Gasteiger charge is -2.12. The Labute approximate surface area is 217 Å². The summed E-state index contributed by atoms with van der Waals surface area (Å²) in [5, 5.41) is 12.5. The zero-order valence-corrected chi connectivity index (χ0v) is 21.8. The van der Waals surface area contributed by atoms with E-state index in [2.05, 4.69) is 23.7 Å². The van der Waals surface area contributed by atoms with Crippen LogP contribution in [0.3, 0.4) is 0 Å². The van der Waals surface area contributed by atoms with E-state index < -0.39 is 5.97 Å². The van der Waals surface area contributed by atoms with Gasteiger partial charge in [0.05, 0.1) is 23.5 Å². The number of hydrogen-bond acceptors (Lipinski definition) is 4. The Morgan fingerprint density at radius 1 is 0.973 bits per heavy atom. The maximum atomic E-state index is 12.3. The topological polar surface area (TPSA) is 97.1 Å². The molecule has 37 heavy (non-hydrogen) atoms. The molecule has 0 radical (unpaired) electrons. The normalized spacial score (nSPS) is 11.1. The molecule has 2 heterocycles. The van der Waals surface area contributed by atoms with Crippen LogP contribution in [0.4, 0.5) is 5.69 Å².